The van der Waals surface area contributed by atoms with Crippen LogP contribution < -0.4 is 4.74 Å². The van der Waals surface area contributed by atoms with Crippen LogP contribution in [0, 0.1) is 0 Å². The fourth-order valence-electron chi connectivity index (χ4n) is 2.33. The van der Waals surface area contributed by atoms with E-state index in [0.717, 1.165) is 0 Å². The fourth-order valence-corrected chi connectivity index (χ4v) is 2.33. The average molecular weight is 325 g/mol. The van der Waals surface area contributed by atoms with Gasteiger partial charge in [-0.2, -0.15) is 0 Å². The summed E-state index contributed by atoms with van der Waals surface area (Å²) in [4.78, 5) is 41.5. The Morgan fingerprint density at radius 1 is 0.917 bits per heavy atom. The average Bonchev–Trinajstić information content (AvgIpc) is 2.80. The molecule has 1 heterocycles. The molecule has 0 aliphatic carbocycles. The van der Waals surface area contributed by atoms with E-state index in [4.69, 9.17) is 9.57 Å². The topological polar surface area (TPSA) is 72.9 Å². The second kappa shape index (κ2) is 6.16. The highest BCUT2D eigenvalue weighted by atomic mass is 16.7. The van der Waals surface area contributed by atoms with Crippen molar-refractivity contribution in [2.75, 3.05) is 0 Å². The van der Waals surface area contributed by atoms with Crippen molar-refractivity contribution in [2.24, 2.45) is 0 Å². The van der Waals surface area contributed by atoms with E-state index in [0.29, 0.717) is 10.8 Å². The molecule has 1 aliphatic heterocycles. The van der Waals surface area contributed by atoms with Crippen LogP contribution in [0.1, 0.15) is 44.9 Å². The van der Waals surface area contributed by atoms with E-state index in [1.165, 1.54) is 24.3 Å². The minimum absolute atomic E-state index is 0.0150. The number of ether oxygens (including phenoxy) is 1. The molecule has 1 aliphatic rings. The van der Waals surface area contributed by atoms with Crippen molar-refractivity contribution in [2.45, 2.75) is 20.0 Å². The number of carbonyl (C=O) groups is 3. The van der Waals surface area contributed by atoms with E-state index in [-0.39, 0.29) is 22.8 Å². The van der Waals surface area contributed by atoms with Gasteiger partial charge in [-0.05, 0) is 50.2 Å². The van der Waals surface area contributed by atoms with Crippen LogP contribution in [-0.2, 0) is 4.84 Å². The molecule has 2 aromatic carbocycles. The van der Waals surface area contributed by atoms with Gasteiger partial charge in [-0.25, -0.2) is 4.79 Å². The van der Waals surface area contributed by atoms with Crippen molar-refractivity contribution in [3.63, 3.8) is 0 Å². The standard InChI is InChI=1S/C18H15NO5/c1-11(2)23-13-9-7-12(8-10-13)18(22)24-19-16(20)14-5-3-4-6-15(14)17(19)21/h3-11H,1-2H3. The molecule has 3 rings (SSSR count). The first-order valence-electron chi connectivity index (χ1n) is 7.44. The van der Waals surface area contributed by atoms with Crippen LogP contribution in [0.25, 0.3) is 0 Å². The third kappa shape index (κ3) is 2.86. The zero-order valence-electron chi connectivity index (χ0n) is 13.2. The quantitative estimate of drug-likeness (QED) is 0.808. The van der Waals surface area contributed by atoms with Crippen LogP contribution >= 0.6 is 0 Å². The summed E-state index contributed by atoms with van der Waals surface area (Å²) in [7, 11) is 0. The molecular weight excluding hydrogens is 310 g/mol. The lowest BCUT2D eigenvalue weighted by Crippen LogP contribution is -2.32. The molecular formula is C18H15NO5. The molecule has 0 atom stereocenters. The summed E-state index contributed by atoms with van der Waals surface area (Å²) in [6.07, 6.45) is 0.0150. The van der Waals surface area contributed by atoms with Gasteiger partial charge in [-0.15, -0.1) is 0 Å². The van der Waals surface area contributed by atoms with Gasteiger partial charge in [0, 0.05) is 0 Å². The normalized spacial score (nSPS) is 13.2. The molecule has 2 amide bonds. The molecule has 24 heavy (non-hydrogen) atoms. The number of nitrogens with zero attached hydrogens (tertiary/aromatic N) is 1. The Labute approximate surface area is 138 Å². The van der Waals surface area contributed by atoms with E-state index in [2.05, 4.69) is 0 Å². The molecule has 0 fully saturated rings. The zero-order valence-corrected chi connectivity index (χ0v) is 13.2. The Morgan fingerprint density at radius 2 is 1.46 bits per heavy atom. The van der Waals surface area contributed by atoms with Gasteiger partial charge in [0.25, 0.3) is 11.8 Å². The second-order valence-electron chi connectivity index (χ2n) is 5.52. The number of fused-ring (bicyclic) bond motifs is 1. The van der Waals surface area contributed by atoms with E-state index >= 15 is 0 Å². The number of rotatable bonds is 4. The third-order valence-electron chi connectivity index (χ3n) is 3.39. The Hall–Kier alpha value is -3.15. The fraction of sp³-hybridized carbons (Fsp3) is 0.167. The maximum Gasteiger partial charge on any atom is 0.363 e. The molecule has 0 aromatic heterocycles. The maximum absolute atomic E-state index is 12.2. The summed E-state index contributed by atoms with van der Waals surface area (Å²) in [5.41, 5.74) is 0.648. The van der Waals surface area contributed by atoms with E-state index in [9.17, 15) is 14.4 Å². The van der Waals surface area contributed by atoms with Gasteiger partial charge in [-0.3, -0.25) is 9.59 Å². The number of carbonyl (C=O) groups excluding carboxylic acids is 3. The van der Waals surface area contributed by atoms with Gasteiger partial charge in [0.15, 0.2) is 0 Å². The number of hydrogen-bond donors (Lipinski definition) is 0. The Bertz CT molecular complexity index is 775. The monoisotopic (exact) mass is 325 g/mol. The Morgan fingerprint density at radius 3 is 1.96 bits per heavy atom. The summed E-state index contributed by atoms with van der Waals surface area (Å²) in [5, 5.41) is 0.492. The highest BCUT2D eigenvalue weighted by Crippen LogP contribution is 2.23. The number of benzene rings is 2. The number of amides is 2. The first kappa shape index (κ1) is 15.7. The van der Waals surface area contributed by atoms with Gasteiger partial charge in [0.05, 0.1) is 22.8 Å². The highest BCUT2D eigenvalue weighted by molar-refractivity contribution is 6.21. The largest absolute Gasteiger partial charge is 0.491 e. The third-order valence-corrected chi connectivity index (χ3v) is 3.39. The molecule has 0 unspecified atom stereocenters. The lowest BCUT2D eigenvalue weighted by molar-refractivity contribution is -0.0584. The number of hydrogen-bond acceptors (Lipinski definition) is 5. The van der Waals surface area contributed by atoms with Crippen molar-refractivity contribution in [3.8, 4) is 5.75 Å². The van der Waals surface area contributed by atoms with Crippen LogP contribution in [0.2, 0.25) is 0 Å². The predicted molar refractivity (Wildman–Crippen MR) is 84.6 cm³/mol. The summed E-state index contributed by atoms with van der Waals surface area (Å²) in [6.45, 7) is 3.79. The van der Waals surface area contributed by atoms with E-state index in [1.807, 2.05) is 13.8 Å². The summed E-state index contributed by atoms with van der Waals surface area (Å²) in [6, 6.07) is 12.6. The summed E-state index contributed by atoms with van der Waals surface area (Å²) < 4.78 is 5.49. The molecule has 6 heteroatoms. The van der Waals surface area contributed by atoms with Crippen LogP contribution in [-0.4, -0.2) is 29.0 Å². The molecule has 2 aromatic rings. The molecule has 0 saturated carbocycles. The van der Waals surface area contributed by atoms with Crippen molar-refractivity contribution in [1.82, 2.24) is 5.06 Å². The van der Waals surface area contributed by atoms with E-state index in [1.54, 1.807) is 24.3 Å². The van der Waals surface area contributed by atoms with Crippen LogP contribution in [0.5, 0.6) is 5.75 Å². The lowest BCUT2D eigenvalue weighted by Gasteiger charge is -2.13. The molecule has 0 spiro atoms. The minimum Gasteiger partial charge on any atom is -0.491 e. The molecule has 0 bridgehead atoms. The Balaban J connectivity index is 1.74. The molecule has 0 saturated heterocycles. The second-order valence-corrected chi connectivity index (χ2v) is 5.52. The van der Waals surface area contributed by atoms with Gasteiger partial charge in [0.2, 0.25) is 0 Å². The predicted octanol–water partition coefficient (Wildman–Crippen LogP) is 2.84. The smallest absolute Gasteiger partial charge is 0.363 e. The van der Waals surface area contributed by atoms with Crippen LogP contribution in [0.15, 0.2) is 48.5 Å². The number of hydroxylamine groups is 2. The maximum atomic E-state index is 12.2. The van der Waals surface area contributed by atoms with Gasteiger partial charge < -0.3 is 9.57 Å². The molecule has 122 valence electrons. The lowest BCUT2D eigenvalue weighted by atomic mass is 10.1. The SMILES string of the molecule is CC(C)Oc1ccc(C(=O)ON2C(=O)c3ccccc3C2=O)cc1. The van der Waals surface area contributed by atoms with Crippen molar-refractivity contribution in [3.05, 3.63) is 65.2 Å². The first-order valence-corrected chi connectivity index (χ1v) is 7.44. The molecule has 6 nitrogen and oxygen atoms in total. The molecule has 0 radical (unpaired) electrons. The van der Waals surface area contributed by atoms with Crippen molar-refractivity contribution in [1.29, 1.82) is 0 Å². The van der Waals surface area contributed by atoms with Gasteiger partial charge >= 0.3 is 5.97 Å². The number of imide groups is 1. The summed E-state index contributed by atoms with van der Waals surface area (Å²) in [5.74, 6) is -1.48. The van der Waals surface area contributed by atoms with E-state index < -0.39 is 17.8 Å². The minimum atomic E-state index is -0.791. The van der Waals surface area contributed by atoms with Gasteiger partial charge in [0.1, 0.15) is 5.75 Å². The highest BCUT2D eigenvalue weighted by Gasteiger charge is 2.38. The summed E-state index contributed by atoms with van der Waals surface area (Å²) >= 11 is 0. The van der Waals surface area contributed by atoms with Crippen LogP contribution in [0.4, 0.5) is 0 Å². The first-order chi connectivity index (χ1) is 11.5. The van der Waals surface area contributed by atoms with Crippen molar-refractivity contribution >= 4 is 17.8 Å². The molecule has 0 N–H and O–H groups in total. The zero-order chi connectivity index (χ0) is 17.3. The van der Waals surface area contributed by atoms with Crippen molar-refractivity contribution < 1.29 is 24.0 Å². The van der Waals surface area contributed by atoms with Crippen LogP contribution in [0.3, 0.4) is 0 Å². The Kier molecular flexibility index (Phi) is 4.04. The van der Waals surface area contributed by atoms with Gasteiger partial charge in [-0.1, -0.05) is 17.2 Å².